The lowest BCUT2D eigenvalue weighted by molar-refractivity contribution is -0.118. The van der Waals surface area contributed by atoms with E-state index in [1.807, 2.05) is 86.0 Å². The highest BCUT2D eigenvalue weighted by molar-refractivity contribution is 7.99. The Morgan fingerprint density at radius 3 is 2.38 bits per heavy atom. The average Bonchev–Trinajstić information content (AvgIpc) is 3.45. The second-order valence-corrected chi connectivity index (χ2v) is 9.12. The zero-order valence-electron chi connectivity index (χ0n) is 18.1. The molecule has 0 radical (unpaired) electrons. The van der Waals surface area contributed by atoms with Gasteiger partial charge < -0.3 is 9.84 Å². The maximum atomic E-state index is 12.4. The van der Waals surface area contributed by atoms with Crippen LogP contribution in [0.25, 0.3) is 17.1 Å². The number of hydrogen-bond acceptors (Lipinski definition) is 7. The van der Waals surface area contributed by atoms with E-state index in [0.29, 0.717) is 16.9 Å². The van der Waals surface area contributed by atoms with E-state index >= 15 is 0 Å². The third-order valence-electron chi connectivity index (χ3n) is 4.57. The Balaban J connectivity index is 1.46. The molecule has 32 heavy (non-hydrogen) atoms. The van der Waals surface area contributed by atoms with Crippen molar-refractivity contribution in [2.75, 3.05) is 5.75 Å². The molecule has 8 nitrogen and oxygen atoms in total. The molecule has 1 amide bonds. The summed E-state index contributed by atoms with van der Waals surface area (Å²) in [5.74, 6) is 1.75. The number of carbonyl (C=O) groups excluding carboxylic acids is 1. The molecule has 0 unspecified atom stereocenters. The van der Waals surface area contributed by atoms with E-state index in [9.17, 15) is 4.79 Å². The number of nitrogens with one attached hydrogen (secondary N) is 1. The SMILES string of the molecule is CC(C)(C)c1nc(CNC(=O)CSc2nnc(-c3ccccc3)n2-c2ccccc2)no1. The lowest BCUT2D eigenvalue weighted by Gasteiger charge is -2.10. The van der Waals surface area contributed by atoms with Crippen molar-refractivity contribution in [3.63, 3.8) is 0 Å². The van der Waals surface area contributed by atoms with Crippen LogP contribution in [0.1, 0.15) is 32.5 Å². The highest BCUT2D eigenvalue weighted by Crippen LogP contribution is 2.27. The van der Waals surface area contributed by atoms with Gasteiger partial charge in [-0.05, 0) is 12.1 Å². The standard InChI is InChI=1S/C23H24N6O2S/c1-23(2,3)21-25-18(28-31-21)14-24-19(30)15-32-22-27-26-20(16-10-6-4-7-11-16)29(22)17-12-8-5-9-13-17/h4-13H,14-15H2,1-3H3,(H,24,30). The van der Waals surface area contributed by atoms with Gasteiger partial charge in [0.05, 0.1) is 12.3 Å². The summed E-state index contributed by atoms with van der Waals surface area (Å²) in [4.78, 5) is 16.8. The first kappa shape index (κ1) is 21.8. The van der Waals surface area contributed by atoms with Crippen LogP contribution in [0.5, 0.6) is 0 Å². The molecule has 0 spiro atoms. The van der Waals surface area contributed by atoms with Crippen molar-refractivity contribution in [2.45, 2.75) is 37.9 Å². The number of amides is 1. The van der Waals surface area contributed by atoms with Gasteiger partial charge in [0.2, 0.25) is 11.8 Å². The van der Waals surface area contributed by atoms with Crippen molar-refractivity contribution in [1.82, 2.24) is 30.2 Å². The second kappa shape index (κ2) is 9.35. The number of hydrogen-bond donors (Lipinski definition) is 1. The van der Waals surface area contributed by atoms with Crippen LogP contribution >= 0.6 is 11.8 Å². The second-order valence-electron chi connectivity index (χ2n) is 8.17. The molecule has 1 N–H and O–H groups in total. The Hall–Kier alpha value is -3.46. The van der Waals surface area contributed by atoms with Gasteiger partial charge in [-0.15, -0.1) is 10.2 Å². The summed E-state index contributed by atoms with van der Waals surface area (Å²) in [6.45, 7) is 6.18. The number of rotatable bonds is 7. The van der Waals surface area contributed by atoms with Crippen LogP contribution in [0.3, 0.4) is 0 Å². The van der Waals surface area contributed by atoms with Crippen LogP contribution in [-0.2, 0) is 16.8 Å². The number of carbonyl (C=O) groups is 1. The zero-order valence-corrected chi connectivity index (χ0v) is 19.0. The van der Waals surface area contributed by atoms with E-state index < -0.39 is 0 Å². The first-order valence-corrected chi connectivity index (χ1v) is 11.2. The summed E-state index contributed by atoms with van der Waals surface area (Å²) >= 11 is 1.32. The van der Waals surface area contributed by atoms with Gasteiger partial charge in [0.15, 0.2) is 16.8 Å². The zero-order chi connectivity index (χ0) is 22.6. The van der Waals surface area contributed by atoms with Gasteiger partial charge in [-0.3, -0.25) is 9.36 Å². The van der Waals surface area contributed by atoms with E-state index in [1.165, 1.54) is 11.8 Å². The monoisotopic (exact) mass is 448 g/mol. The molecule has 0 aliphatic heterocycles. The number of benzene rings is 2. The predicted octanol–water partition coefficient (Wildman–Crippen LogP) is 4.02. The molecule has 0 fully saturated rings. The Labute approximate surface area is 190 Å². The maximum Gasteiger partial charge on any atom is 0.232 e. The Morgan fingerprint density at radius 1 is 1.03 bits per heavy atom. The highest BCUT2D eigenvalue weighted by atomic mass is 32.2. The minimum atomic E-state index is -0.233. The molecular weight excluding hydrogens is 424 g/mol. The van der Waals surface area contributed by atoms with Crippen LogP contribution in [0, 0.1) is 0 Å². The lowest BCUT2D eigenvalue weighted by Crippen LogP contribution is -2.25. The highest BCUT2D eigenvalue weighted by Gasteiger charge is 2.22. The van der Waals surface area contributed by atoms with Gasteiger partial charge in [-0.25, -0.2) is 0 Å². The Kier molecular flexibility index (Phi) is 6.36. The van der Waals surface area contributed by atoms with Gasteiger partial charge >= 0.3 is 0 Å². The maximum absolute atomic E-state index is 12.4. The number of thioether (sulfide) groups is 1. The summed E-state index contributed by atoms with van der Waals surface area (Å²) in [5, 5.41) is 16.1. The third-order valence-corrected chi connectivity index (χ3v) is 5.49. The summed E-state index contributed by atoms with van der Waals surface area (Å²) in [6.07, 6.45) is 0. The molecular formula is C23H24N6O2S. The first-order valence-electron chi connectivity index (χ1n) is 10.2. The molecule has 2 aromatic carbocycles. The Morgan fingerprint density at radius 2 is 1.72 bits per heavy atom. The fourth-order valence-corrected chi connectivity index (χ4v) is 3.72. The third kappa shape index (κ3) is 5.05. The first-order chi connectivity index (χ1) is 15.4. The molecule has 164 valence electrons. The quantitative estimate of drug-likeness (QED) is 0.426. The van der Waals surface area contributed by atoms with Crippen molar-refractivity contribution in [2.24, 2.45) is 0 Å². The molecule has 9 heteroatoms. The van der Waals surface area contributed by atoms with E-state index in [-0.39, 0.29) is 23.6 Å². The van der Waals surface area contributed by atoms with E-state index in [0.717, 1.165) is 17.1 Å². The van der Waals surface area contributed by atoms with Crippen molar-refractivity contribution in [3.05, 3.63) is 72.4 Å². The lowest BCUT2D eigenvalue weighted by atomic mass is 9.97. The van der Waals surface area contributed by atoms with E-state index in [1.54, 1.807) is 0 Å². The number of nitrogens with zero attached hydrogens (tertiary/aromatic N) is 5. The van der Waals surface area contributed by atoms with Crippen molar-refractivity contribution in [3.8, 4) is 17.1 Å². The molecule has 0 saturated heterocycles. The van der Waals surface area contributed by atoms with E-state index in [4.69, 9.17) is 4.52 Å². The largest absolute Gasteiger partial charge is 0.348 e. The molecule has 0 saturated carbocycles. The van der Waals surface area contributed by atoms with E-state index in [2.05, 4.69) is 25.7 Å². The summed E-state index contributed by atoms with van der Waals surface area (Å²) in [6, 6.07) is 19.7. The molecule has 0 atom stereocenters. The Bertz CT molecular complexity index is 1180. The predicted molar refractivity (Wildman–Crippen MR) is 122 cm³/mol. The molecule has 0 aliphatic rings. The smallest absolute Gasteiger partial charge is 0.232 e. The summed E-state index contributed by atoms with van der Waals surface area (Å²) < 4.78 is 7.22. The van der Waals surface area contributed by atoms with Gasteiger partial charge in [0.1, 0.15) is 0 Å². The summed E-state index contributed by atoms with van der Waals surface area (Å²) in [7, 11) is 0. The topological polar surface area (TPSA) is 98.7 Å². The van der Waals surface area contributed by atoms with Crippen LogP contribution in [0.4, 0.5) is 0 Å². The number of aromatic nitrogens is 5. The molecule has 4 rings (SSSR count). The normalized spacial score (nSPS) is 11.5. The van der Waals surface area contributed by atoms with Crippen LogP contribution in [-0.4, -0.2) is 36.6 Å². The van der Waals surface area contributed by atoms with Gasteiger partial charge in [-0.2, -0.15) is 4.98 Å². The minimum Gasteiger partial charge on any atom is -0.348 e. The van der Waals surface area contributed by atoms with Gasteiger partial charge in [-0.1, -0.05) is 86.2 Å². The fraction of sp³-hybridized carbons (Fsp3) is 0.261. The molecule has 2 aromatic heterocycles. The average molecular weight is 449 g/mol. The van der Waals surface area contributed by atoms with Gasteiger partial charge in [0.25, 0.3) is 0 Å². The van der Waals surface area contributed by atoms with Crippen molar-refractivity contribution >= 4 is 17.7 Å². The molecule has 4 aromatic rings. The van der Waals surface area contributed by atoms with Crippen LogP contribution in [0.15, 0.2) is 70.3 Å². The van der Waals surface area contributed by atoms with Crippen molar-refractivity contribution in [1.29, 1.82) is 0 Å². The fourth-order valence-electron chi connectivity index (χ4n) is 2.94. The van der Waals surface area contributed by atoms with Crippen LogP contribution in [0.2, 0.25) is 0 Å². The molecule has 2 heterocycles. The molecule has 0 aliphatic carbocycles. The van der Waals surface area contributed by atoms with Gasteiger partial charge in [0, 0.05) is 16.7 Å². The molecule has 0 bridgehead atoms. The van der Waals surface area contributed by atoms with Crippen molar-refractivity contribution < 1.29 is 9.32 Å². The summed E-state index contributed by atoms with van der Waals surface area (Å²) in [5.41, 5.74) is 1.65. The van der Waals surface area contributed by atoms with Crippen LogP contribution < -0.4 is 5.32 Å². The minimum absolute atomic E-state index is 0.152. The number of para-hydroxylation sites is 1.